The van der Waals surface area contributed by atoms with Gasteiger partial charge in [0, 0.05) is 0 Å². The van der Waals surface area contributed by atoms with E-state index in [1.807, 2.05) is 0 Å². The van der Waals surface area contributed by atoms with Crippen LogP contribution in [0, 0.1) is 0 Å². The number of aliphatic carboxylic acids is 2. The zero-order valence-corrected chi connectivity index (χ0v) is 6.10. The van der Waals surface area contributed by atoms with Gasteiger partial charge in [0.2, 0.25) is 0 Å². The van der Waals surface area contributed by atoms with E-state index in [1.165, 1.54) is 0 Å². The van der Waals surface area contributed by atoms with Crippen LogP contribution in [0.5, 0.6) is 0 Å². The number of carboxylic acids is 2. The molecule has 6 nitrogen and oxygen atoms in total. The van der Waals surface area contributed by atoms with Crippen molar-refractivity contribution in [1.29, 1.82) is 0 Å². The van der Waals surface area contributed by atoms with Crippen LogP contribution >= 0.6 is 0 Å². The van der Waals surface area contributed by atoms with Crippen LogP contribution in [-0.2, 0) is 9.59 Å². The fourth-order valence-corrected chi connectivity index (χ4v) is 0.478. The molecule has 0 radical (unpaired) electrons. The van der Waals surface area contributed by atoms with Gasteiger partial charge >= 0.3 is 11.9 Å². The lowest BCUT2D eigenvalue weighted by Gasteiger charge is -2.13. The number of hydrogen-bond acceptors (Lipinski definition) is 4. The van der Waals surface area contributed by atoms with Gasteiger partial charge in [-0.2, -0.15) is 0 Å². The Bertz CT molecular complexity index is 224. The van der Waals surface area contributed by atoms with E-state index in [-0.39, 0.29) is 0 Å². The minimum Gasteiger partial charge on any atom is -0.480 e. The van der Waals surface area contributed by atoms with E-state index >= 15 is 0 Å². The van der Waals surface area contributed by atoms with Gasteiger partial charge in [0.05, 0.1) is 5.57 Å². The van der Waals surface area contributed by atoms with Crippen LogP contribution in [0.2, 0.25) is 0 Å². The maximum Gasteiger partial charge on any atom is 0.333 e. The van der Waals surface area contributed by atoms with Crippen LogP contribution < -0.4 is 5.73 Å². The van der Waals surface area contributed by atoms with Gasteiger partial charge in [-0.15, -0.1) is 0 Å². The second kappa shape index (κ2) is 3.84. The first kappa shape index (κ1) is 10.6. The van der Waals surface area contributed by atoms with E-state index in [1.54, 1.807) is 0 Å². The van der Waals surface area contributed by atoms with Gasteiger partial charge in [-0.25, -0.2) is 4.79 Å². The molecule has 0 unspecified atom stereocenters. The monoisotopic (exact) mass is 175 g/mol. The molecule has 2 atom stereocenters. The van der Waals surface area contributed by atoms with Gasteiger partial charge in [-0.3, -0.25) is 4.79 Å². The molecular formula is C6H9NO5. The average Bonchev–Trinajstić information content (AvgIpc) is 2.00. The predicted molar refractivity (Wildman–Crippen MR) is 38.4 cm³/mol. The molecule has 5 N–H and O–H groups in total. The van der Waals surface area contributed by atoms with Crippen LogP contribution in [0.25, 0.3) is 0 Å². The van der Waals surface area contributed by atoms with E-state index in [2.05, 4.69) is 6.58 Å². The topological polar surface area (TPSA) is 121 Å². The maximum atomic E-state index is 10.2. The summed E-state index contributed by atoms with van der Waals surface area (Å²) in [5.74, 6) is -2.95. The normalized spacial score (nSPS) is 14.8. The average molecular weight is 175 g/mol. The maximum absolute atomic E-state index is 10.2. The van der Waals surface area contributed by atoms with Crippen molar-refractivity contribution in [2.24, 2.45) is 5.73 Å². The van der Waals surface area contributed by atoms with Gasteiger partial charge in [-0.1, -0.05) is 6.58 Å². The quantitative estimate of drug-likeness (QED) is 0.382. The SMILES string of the molecule is C=C(C(=O)O)[C@H](O)[C@H](N)C(=O)O. The molecule has 0 fully saturated rings. The summed E-state index contributed by atoms with van der Waals surface area (Å²) >= 11 is 0. The van der Waals surface area contributed by atoms with Crippen molar-refractivity contribution < 1.29 is 24.9 Å². The molecule has 0 aliphatic heterocycles. The summed E-state index contributed by atoms with van der Waals surface area (Å²) < 4.78 is 0. The molecule has 0 aliphatic rings. The fourth-order valence-electron chi connectivity index (χ4n) is 0.478. The summed E-state index contributed by atoms with van der Waals surface area (Å²) in [4.78, 5) is 20.3. The second-order valence-electron chi connectivity index (χ2n) is 2.14. The standard InChI is InChI=1S/C6H9NO5/c1-2(5(9)10)4(8)3(7)6(11)12/h3-4,8H,1,7H2,(H,9,10)(H,11,12)/t3-,4-/m0/s1. The van der Waals surface area contributed by atoms with Gasteiger partial charge in [0.15, 0.2) is 0 Å². The lowest BCUT2D eigenvalue weighted by atomic mass is 10.1. The zero-order valence-electron chi connectivity index (χ0n) is 6.10. The summed E-state index contributed by atoms with van der Waals surface area (Å²) in [6.45, 7) is 2.96. The van der Waals surface area contributed by atoms with Gasteiger partial charge < -0.3 is 21.1 Å². The number of carbonyl (C=O) groups is 2. The minimum atomic E-state index is -1.76. The molecule has 0 spiro atoms. The summed E-state index contributed by atoms with van der Waals surface area (Å²) in [6.07, 6.45) is -1.76. The number of carboxylic acid groups (broad SMARTS) is 2. The first-order valence-electron chi connectivity index (χ1n) is 2.96. The van der Waals surface area contributed by atoms with Crippen LogP contribution in [0.4, 0.5) is 0 Å². The van der Waals surface area contributed by atoms with Gasteiger partial charge in [-0.05, 0) is 0 Å². The van der Waals surface area contributed by atoms with Crippen molar-refractivity contribution in [3.8, 4) is 0 Å². The Labute approximate surface area is 67.9 Å². The Morgan fingerprint density at radius 1 is 1.33 bits per heavy atom. The number of nitrogens with two attached hydrogens (primary N) is 1. The van der Waals surface area contributed by atoms with E-state index in [4.69, 9.17) is 21.1 Å². The lowest BCUT2D eigenvalue weighted by molar-refractivity contribution is -0.141. The highest BCUT2D eigenvalue weighted by molar-refractivity contribution is 5.89. The van der Waals surface area contributed by atoms with Crippen molar-refractivity contribution in [3.05, 3.63) is 12.2 Å². The summed E-state index contributed by atoms with van der Waals surface area (Å²) in [6, 6.07) is -1.66. The third-order valence-electron chi connectivity index (χ3n) is 1.26. The molecule has 0 aromatic heterocycles. The molecule has 0 aromatic rings. The Hall–Kier alpha value is -1.40. The van der Waals surface area contributed by atoms with E-state index < -0.39 is 29.7 Å². The Kier molecular flexibility index (Phi) is 3.39. The molecule has 0 saturated carbocycles. The smallest absolute Gasteiger partial charge is 0.333 e. The molecule has 0 aliphatic carbocycles. The van der Waals surface area contributed by atoms with Crippen molar-refractivity contribution >= 4 is 11.9 Å². The highest BCUT2D eigenvalue weighted by Gasteiger charge is 2.27. The predicted octanol–water partition coefficient (Wildman–Crippen LogP) is -1.60. The van der Waals surface area contributed by atoms with Crippen molar-refractivity contribution in [3.63, 3.8) is 0 Å². The van der Waals surface area contributed by atoms with Crippen LogP contribution in [0.15, 0.2) is 12.2 Å². The number of hydrogen-bond donors (Lipinski definition) is 4. The van der Waals surface area contributed by atoms with Gasteiger partial charge in [0.1, 0.15) is 12.1 Å². The Balaban J connectivity index is 4.39. The van der Waals surface area contributed by atoms with Crippen molar-refractivity contribution in [1.82, 2.24) is 0 Å². The highest BCUT2D eigenvalue weighted by atomic mass is 16.4. The number of aliphatic hydroxyl groups excluding tert-OH is 1. The third kappa shape index (κ3) is 2.33. The van der Waals surface area contributed by atoms with E-state index in [9.17, 15) is 9.59 Å². The number of rotatable bonds is 4. The number of aliphatic hydroxyl groups is 1. The molecule has 0 amide bonds. The van der Waals surface area contributed by atoms with Crippen LogP contribution in [0.1, 0.15) is 0 Å². The molecule has 12 heavy (non-hydrogen) atoms. The molecule has 68 valence electrons. The van der Waals surface area contributed by atoms with E-state index in [0.717, 1.165) is 0 Å². The lowest BCUT2D eigenvalue weighted by Crippen LogP contribution is -2.43. The van der Waals surface area contributed by atoms with Crippen molar-refractivity contribution in [2.45, 2.75) is 12.1 Å². The molecule has 0 aromatic carbocycles. The molecule has 0 heterocycles. The van der Waals surface area contributed by atoms with Gasteiger partial charge in [0.25, 0.3) is 0 Å². The molecule has 6 heteroatoms. The molecule has 0 rings (SSSR count). The van der Waals surface area contributed by atoms with Crippen molar-refractivity contribution in [2.75, 3.05) is 0 Å². The van der Waals surface area contributed by atoms with Crippen LogP contribution in [0.3, 0.4) is 0 Å². The summed E-state index contributed by atoms with van der Waals surface area (Å²) in [5, 5.41) is 25.5. The molecule has 0 bridgehead atoms. The minimum absolute atomic E-state index is 0.634. The fraction of sp³-hybridized carbons (Fsp3) is 0.333. The molecular weight excluding hydrogens is 166 g/mol. The zero-order chi connectivity index (χ0) is 9.89. The first-order chi connectivity index (χ1) is 5.37. The highest BCUT2D eigenvalue weighted by Crippen LogP contribution is 2.03. The second-order valence-corrected chi connectivity index (χ2v) is 2.14. The first-order valence-corrected chi connectivity index (χ1v) is 2.96. The summed E-state index contributed by atoms with van der Waals surface area (Å²) in [5.41, 5.74) is 4.29. The molecule has 0 saturated heterocycles. The van der Waals surface area contributed by atoms with Crippen LogP contribution in [-0.4, -0.2) is 39.4 Å². The Morgan fingerprint density at radius 2 is 1.75 bits per heavy atom. The van der Waals surface area contributed by atoms with E-state index in [0.29, 0.717) is 0 Å². The largest absolute Gasteiger partial charge is 0.480 e. The Morgan fingerprint density at radius 3 is 2.00 bits per heavy atom. The third-order valence-corrected chi connectivity index (χ3v) is 1.26. The summed E-state index contributed by atoms with van der Waals surface area (Å²) in [7, 11) is 0.